The molecule has 0 saturated heterocycles. The number of para-hydroxylation sites is 1. The number of benzene rings is 2. The van der Waals surface area contributed by atoms with E-state index < -0.39 is 18.5 Å². The molecule has 3 rings (SSSR count). The molecule has 1 amide bonds. The number of anilines is 1. The van der Waals surface area contributed by atoms with Crippen molar-refractivity contribution in [1.29, 1.82) is 0 Å². The summed E-state index contributed by atoms with van der Waals surface area (Å²) in [6, 6.07) is 12.0. The number of nitrogens with one attached hydrogen (secondary N) is 1. The number of fused-ring (bicyclic) bond motifs is 1. The predicted octanol–water partition coefficient (Wildman–Crippen LogP) is 4.96. The zero-order chi connectivity index (χ0) is 19.4. The molecule has 1 N–H and O–H groups in total. The van der Waals surface area contributed by atoms with Crippen LogP contribution in [0.3, 0.4) is 0 Å². The summed E-state index contributed by atoms with van der Waals surface area (Å²) < 4.78 is 19.5. The normalized spacial score (nSPS) is 10.8. The third kappa shape index (κ3) is 4.17. The van der Waals surface area contributed by atoms with E-state index in [4.69, 9.17) is 4.74 Å². The van der Waals surface area contributed by atoms with Gasteiger partial charge in [0.1, 0.15) is 10.7 Å². The fourth-order valence-corrected chi connectivity index (χ4v) is 3.88. The second-order valence-corrected chi connectivity index (χ2v) is 7.13. The van der Waals surface area contributed by atoms with Gasteiger partial charge in [-0.25, -0.2) is 9.18 Å². The first-order chi connectivity index (χ1) is 13.0. The monoisotopic (exact) mass is 385 g/mol. The number of ether oxygens (including phenoxy) is 1. The van der Waals surface area contributed by atoms with Gasteiger partial charge in [0.15, 0.2) is 6.61 Å². The molecule has 2 aromatic carbocycles. The Balaban J connectivity index is 1.67. The number of carbonyl (C=O) groups is 2. The molecule has 1 aromatic heterocycles. The van der Waals surface area contributed by atoms with E-state index in [0.29, 0.717) is 10.1 Å². The summed E-state index contributed by atoms with van der Waals surface area (Å²) in [6.45, 7) is 3.65. The molecule has 0 fully saturated rings. The number of rotatable bonds is 6. The third-order valence-electron chi connectivity index (χ3n) is 4.31. The second kappa shape index (κ2) is 8.31. The highest BCUT2D eigenvalue weighted by Crippen LogP contribution is 2.28. The molecule has 0 atom stereocenters. The molecule has 0 aliphatic rings. The number of amides is 1. The Labute approximate surface area is 161 Å². The van der Waals surface area contributed by atoms with E-state index in [1.807, 2.05) is 32.0 Å². The van der Waals surface area contributed by atoms with E-state index >= 15 is 0 Å². The van der Waals surface area contributed by atoms with Crippen LogP contribution >= 0.6 is 11.3 Å². The van der Waals surface area contributed by atoms with Gasteiger partial charge >= 0.3 is 5.97 Å². The number of hydrogen-bond acceptors (Lipinski definition) is 4. The molecule has 6 heteroatoms. The van der Waals surface area contributed by atoms with Crippen LogP contribution in [0, 0.1) is 5.82 Å². The van der Waals surface area contributed by atoms with Crippen molar-refractivity contribution < 1.29 is 18.7 Å². The zero-order valence-electron chi connectivity index (χ0n) is 15.2. The van der Waals surface area contributed by atoms with Gasteiger partial charge in [0, 0.05) is 15.8 Å². The third-order valence-corrected chi connectivity index (χ3v) is 5.39. The van der Waals surface area contributed by atoms with Gasteiger partial charge in [-0.05, 0) is 42.2 Å². The van der Waals surface area contributed by atoms with Gasteiger partial charge in [-0.3, -0.25) is 4.79 Å². The molecule has 27 heavy (non-hydrogen) atoms. The van der Waals surface area contributed by atoms with E-state index in [2.05, 4.69) is 5.32 Å². The van der Waals surface area contributed by atoms with Crippen LogP contribution in [0.1, 0.15) is 34.6 Å². The van der Waals surface area contributed by atoms with E-state index in [0.717, 1.165) is 41.0 Å². The first-order valence-corrected chi connectivity index (χ1v) is 9.61. The fraction of sp³-hybridized carbons (Fsp3) is 0.238. The minimum atomic E-state index is -0.634. The molecule has 3 aromatic rings. The van der Waals surface area contributed by atoms with Crippen molar-refractivity contribution in [2.24, 2.45) is 0 Å². The van der Waals surface area contributed by atoms with Crippen LogP contribution in [0.2, 0.25) is 0 Å². The molecule has 0 aliphatic heterocycles. The Kier molecular flexibility index (Phi) is 5.86. The standard InChI is InChI=1S/C21H20FNO3S/c1-3-13-7-5-8-14(4-2)20(13)23-19(24)12-26-21(25)18-11-15-16(22)9-6-10-17(15)27-18/h5-11H,3-4,12H2,1-2H3,(H,23,24). The van der Waals surface area contributed by atoms with Crippen molar-refractivity contribution in [3.05, 3.63) is 64.3 Å². The van der Waals surface area contributed by atoms with Crippen LogP contribution in [0.5, 0.6) is 0 Å². The Morgan fingerprint density at radius 2 is 1.74 bits per heavy atom. The summed E-state index contributed by atoms with van der Waals surface area (Å²) in [5, 5.41) is 3.23. The van der Waals surface area contributed by atoms with Crippen molar-refractivity contribution in [2.75, 3.05) is 11.9 Å². The lowest BCUT2D eigenvalue weighted by Gasteiger charge is -2.14. The quantitative estimate of drug-likeness (QED) is 0.610. The number of thiophene rings is 1. The van der Waals surface area contributed by atoms with Gasteiger partial charge in [-0.15, -0.1) is 11.3 Å². The van der Waals surface area contributed by atoms with Crippen LogP contribution < -0.4 is 5.32 Å². The zero-order valence-corrected chi connectivity index (χ0v) is 16.0. The summed E-state index contributed by atoms with van der Waals surface area (Å²) in [7, 11) is 0. The minimum absolute atomic E-state index is 0.270. The van der Waals surface area contributed by atoms with Crippen LogP contribution in [-0.4, -0.2) is 18.5 Å². The fourth-order valence-electron chi connectivity index (χ4n) is 2.91. The summed E-state index contributed by atoms with van der Waals surface area (Å²) in [5.74, 6) is -1.42. The van der Waals surface area contributed by atoms with Crippen LogP contribution in [0.15, 0.2) is 42.5 Å². The summed E-state index contributed by atoms with van der Waals surface area (Å²) >= 11 is 1.14. The lowest BCUT2D eigenvalue weighted by atomic mass is 10.0. The highest BCUT2D eigenvalue weighted by atomic mass is 32.1. The summed E-state index contributed by atoms with van der Waals surface area (Å²) in [4.78, 5) is 24.7. The van der Waals surface area contributed by atoms with Gasteiger partial charge in [0.25, 0.3) is 5.91 Å². The van der Waals surface area contributed by atoms with Crippen molar-refractivity contribution in [3.63, 3.8) is 0 Å². The van der Waals surface area contributed by atoms with Crippen molar-refractivity contribution in [3.8, 4) is 0 Å². The first-order valence-electron chi connectivity index (χ1n) is 8.79. The Bertz CT molecular complexity index is 974. The Hall–Kier alpha value is -2.73. The van der Waals surface area contributed by atoms with Gasteiger partial charge in [0.2, 0.25) is 0 Å². The first kappa shape index (κ1) is 19.0. The number of halogens is 1. The van der Waals surface area contributed by atoms with Gasteiger partial charge < -0.3 is 10.1 Å². The molecule has 0 saturated carbocycles. The molecule has 0 aliphatic carbocycles. The van der Waals surface area contributed by atoms with E-state index in [9.17, 15) is 14.0 Å². The van der Waals surface area contributed by atoms with Crippen LogP contribution in [0.25, 0.3) is 10.1 Å². The number of hydrogen-bond donors (Lipinski definition) is 1. The highest BCUT2D eigenvalue weighted by Gasteiger charge is 2.16. The molecular weight excluding hydrogens is 365 g/mol. The topological polar surface area (TPSA) is 55.4 Å². The van der Waals surface area contributed by atoms with Crippen LogP contribution in [0.4, 0.5) is 10.1 Å². The molecule has 140 valence electrons. The number of carbonyl (C=O) groups excluding carboxylic acids is 2. The lowest BCUT2D eigenvalue weighted by Crippen LogP contribution is -2.22. The van der Waals surface area contributed by atoms with Crippen molar-refractivity contribution in [2.45, 2.75) is 26.7 Å². The van der Waals surface area contributed by atoms with Gasteiger partial charge in [0.05, 0.1) is 0 Å². The van der Waals surface area contributed by atoms with Crippen molar-refractivity contribution in [1.82, 2.24) is 0 Å². The average molecular weight is 385 g/mol. The summed E-state index contributed by atoms with van der Waals surface area (Å²) in [5.41, 5.74) is 2.86. The van der Waals surface area contributed by atoms with Gasteiger partial charge in [-0.2, -0.15) is 0 Å². The molecule has 0 radical (unpaired) electrons. The van der Waals surface area contributed by atoms with E-state index in [1.165, 1.54) is 12.1 Å². The largest absolute Gasteiger partial charge is 0.451 e. The smallest absolute Gasteiger partial charge is 0.348 e. The molecule has 1 heterocycles. The second-order valence-electron chi connectivity index (χ2n) is 6.04. The predicted molar refractivity (Wildman–Crippen MR) is 106 cm³/mol. The van der Waals surface area contributed by atoms with Crippen molar-refractivity contribution >= 4 is 39.0 Å². The van der Waals surface area contributed by atoms with E-state index in [1.54, 1.807) is 12.1 Å². The van der Waals surface area contributed by atoms with E-state index in [-0.39, 0.29) is 10.7 Å². The number of esters is 1. The maximum absolute atomic E-state index is 13.8. The minimum Gasteiger partial charge on any atom is -0.451 e. The molecule has 0 unspecified atom stereocenters. The maximum atomic E-state index is 13.8. The Morgan fingerprint density at radius 1 is 1.07 bits per heavy atom. The molecule has 4 nitrogen and oxygen atoms in total. The molecule has 0 bridgehead atoms. The lowest BCUT2D eigenvalue weighted by molar-refractivity contribution is -0.119. The SMILES string of the molecule is CCc1cccc(CC)c1NC(=O)COC(=O)c1cc2c(F)cccc2s1. The molecular formula is C21H20FNO3S. The maximum Gasteiger partial charge on any atom is 0.348 e. The van der Waals surface area contributed by atoms with Crippen LogP contribution in [-0.2, 0) is 22.4 Å². The molecule has 0 spiro atoms. The number of aryl methyl sites for hydroxylation is 2. The van der Waals surface area contributed by atoms with Gasteiger partial charge in [-0.1, -0.05) is 38.1 Å². The average Bonchev–Trinajstić information content (AvgIpc) is 3.12. The Morgan fingerprint density at radius 3 is 2.37 bits per heavy atom. The summed E-state index contributed by atoms with van der Waals surface area (Å²) in [6.07, 6.45) is 1.58. The highest BCUT2D eigenvalue weighted by molar-refractivity contribution is 7.20.